The molecule has 0 radical (unpaired) electrons. The summed E-state index contributed by atoms with van der Waals surface area (Å²) in [5.74, 6) is 1.30. The van der Waals surface area contributed by atoms with E-state index in [0.717, 1.165) is 11.1 Å². The smallest absolute Gasteiger partial charge is 0.255 e. The van der Waals surface area contributed by atoms with Gasteiger partial charge in [0.1, 0.15) is 11.8 Å². The number of benzene rings is 2. The number of para-hydroxylation sites is 2. The van der Waals surface area contributed by atoms with Crippen molar-refractivity contribution in [1.82, 2.24) is 19.7 Å². The van der Waals surface area contributed by atoms with Gasteiger partial charge in [-0.25, -0.2) is 4.68 Å². The average molecular weight is 473 g/mol. The molecule has 8 nitrogen and oxygen atoms in total. The number of ether oxygens (including phenoxy) is 1. The number of hydrogen-bond donors (Lipinski definition) is 2. The Morgan fingerprint density at radius 2 is 1.82 bits per heavy atom. The summed E-state index contributed by atoms with van der Waals surface area (Å²) in [6.07, 6.45) is 3.37. The van der Waals surface area contributed by atoms with Gasteiger partial charge in [-0.15, -0.1) is 5.10 Å². The highest BCUT2D eigenvalue weighted by Crippen LogP contribution is 2.39. The first kappa shape index (κ1) is 21.7. The zero-order chi connectivity index (χ0) is 23.7. The number of hydrogen-bond acceptors (Lipinski definition) is 6. The topological polar surface area (TPSA) is 94.0 Å². The maximum atomic E-state index is 13.7. The Kier molecular flexibility index (Phi) is 5.73. The van der Waals surface area contributed by atoms with E-state index < -0.39 is 6.04 Å². The van der Waals surface area contributed by atoms with E-state index in [2.05, 4.69) is 20.6 Å². The van der Waals surface area contributed by atoms with Gasteiger partial charge in [-0.3, -0.25) is 9.78 Å². The van der Waals surface area contributed by atoms with Crippen LogP contribution in [0.1, 0.15) is 18.5 Å². The molecule has 1 amide bonds. The van der Waals surface area contributed by atoms with Crippen molar-refractivity contribution in [2.75, 3.05) is 17.7 Å². The van der Waals surface area contributed by atoms with Gasteiger partial charge in [0, 0.05) is 34.2 Å². The molecule has 1 atom stereocenters. The van der Waals surface area contributed by atoms with Crippen molar-refractivity contribution >= 4 is 29.1 Å². The first-order valence-electron chi connectivity index (χ1n) is 10.6. The van der Waals surface area contributed by atoms with Crippen molar-refractivity contribution in [2.45, 2.75) is 13.0 Å². The molecule has 0 saturated carbocycles. The van der Waals surface area contributed by atoms with Gasteiger partial charge in [0.05, 0.1) is 18.4 Å². The number of nitrogens with zero attached hydrogens (tertiary/aromatic N) is 4. The normalized spacial score (nSPS) is 14.9. The highest BCUT2D eigenvalue weighted by atomic mass is 35.5. The van der Waals surface area contributed by atoms with Crippen LogP contribution in [0.25, 0.3) is 11.4 Å². The molecule has 4 aromatic rings. The summed E-state index contributed by atoms with van der Waals surface area (Å²) in [7, 11) is 1.56. The second kappa shape index (κ2) is 8.99. The predicted molar refractivity (Wildman–Crippen MR) is 131 cm³/mol. The molecule has 0 bridgehead atoms. The zero-order valence-corrected chi connectivity index (χ0v) is 19.2. The number of aromatic nitrogens is 4. The molecule has 1 unspecified atom stereocenters. The van der Waals surface area contributed by atoms with Crippen LogP contribution in [0.3, 0.4) is 0 Å². The summed E-state index contributed by atoms with van der Waals surface area (Å²) >= 11 is 6.61. The van der Waals surface area contributed by atoms with Crippen LogP contribution in [0.2, 0.25) is 5.02 Å². The van der Waals surface area contributed by atoms with Gasteiger partial charge in [0.25, 0.3) is 5.91 Å². The van der Waals surface area contributed by atoms with Crippen LogP contribution in [-0.4, -0.2) is 32.8 Å². The second-order valence-electron chi connectivity index (χ2n) is 7.68. The number of halogens is 1. The van der Waals surface area contributed by atoms with Crippen molar-refractivity contribution < 1.29 is 9.53 Å². The first-order valence-corrected chi connectivity index (χ1v) is 11.0. The molecule has 170 valence electrons. The second-order valence-corrected chi connectivity index (χ2v) is 8.09. The number of allylic oxidation sites excluding steroid dienone is 1. The lowest BCUT2D eigenvalue weighted by Gasteiger charge is -2.29. The van der Waals surface area contributed by atoms with Crippen LogP contribution in [0, 0.1) is 0 Å². The van der Waals surface area contributed by atoms with E-state index in [1.807, 2.05) is 49.4 Å². The van der Waals surface area contributed by atoms with Crippen molar-refractivity contribution in [2.24, 2.45) is 0 Å². The molecule has 5 rings (SSSR count). The van der Waals surface area contributed by atoms with Crippen molar-refractivity contribution in [3.05, 3.63) is 94.9 Å². The summed E-state index contributed by atoms with van der Waals surface area (Å²) in [5.41, 5.74) is 3.24. The Morgan fingerprint density at radius 1 is 1.09 bits per heavy atom. The minimum absolute atomic E-state index is 0.300. The molecule has 34 heavy (non-hydrogen) atoms. The number of carbonyl (C=O) groups excluding carboxylic acids is 1. The van der Waals surface area contributed by atoms with Gasteiger partial charge in [-0.2, -0.15) is 4.98 Å². The molecule has 1 aliphatic heterocycles. The summed E-state index contributed by atoms with van der Waals surface area (Å²) in [5, 5.41) is 11.5. The summed E-state index contributed by atoms with van der Waals surface area (Å²) in [6.45, 7) is 1.84. The molecule has 0 fully saturated rings. The Hall–Kier alpha value is -4.17. The Morgan fingerprint density at radius 3 is 2.59 bits per heavy atom. The number of nitrogens with one attached hydrogen (secondary N) is 2. The molecular formula is C25H21ClN6O2. The van der Waals surface area contributed by atoms with Crippen molar-refractivity contribution in [1.29, 1.82) is 0 Å². The molecule has 1 aliphatic rings. The van der Waals surface area contributed by atoms with Crippen LogP contribution in [0.15, 0.2) is 84.3 Å². The molecule has 0 saturated heterocycles. The summed E-state index contributed by atoms with van der Waals surface area (Å²) < 4.78 is 7.09. The standard InChI is InChI=1S/C25H21ClN6O2/c1-15-21(24(33)29-19-9-5-6-10-20(19)34-2)22(17-7-3-4-8-18(17)26)32-25(28-15)30-23(31-32)16-11-13-27-14-12-16/h3-14,22H,1-2H3,(H,29,33)(H,28,30,31). The molecule has 2 aromatic carbocycles. The quantitative estimate of drug-likeness (QED) is 0.427. The van der Waals surface area contributed by atoms with E-state index in [4.69, 9.17) is 21.4 Å². The fourth-order valence-corrected chi connectivity index (χ4v) is 4.23. The van der Waals surface area contributed by atoms with Crippen LogP contribution < -0.4 is 15.4 Å². The largest absolute Gasteiger partial charge is 0.495 e. The molecule has 3 heterocycles. The van der Waals surface area contributed by atoms with E-state index >= 15 is 0 Å². The lowest BCUT2D eigenvalue weighted by Crippen LogP contribution is -2.31. The van der Waals surface area contributed by atoms with Gasteiger partial charge in [0.15, 0.2) is 5.82 Å². The van der Waals surface area contributed by atoms with Crippen molar-refractivity contribution in [3.63, 3.8) is 0 Å². The minimum Gasteiger partial charge on any atom is -0.495 e. The fraction of sp³-hybridized carbons (Fsp3) is 0.120. The van der Waals surface area contributed by atoms with Crippen LogP contribution in [-0.2, 0) is 4.79 Å². The highest BCUT2D eigenvalue weighted by molar-refractivity contribution is 6.31. The Balaban J connectivity index is 1.62. The number of anilines is 2. The third kappa shape index (κ3) is 3.88. The average Bonchev–Trinajstić information content (AvgIpc) is 3.28. The monoisotopic (exact) mass is 472 g/mol. The van der Waals surface area contributed by atoms with E-state index in [1.54, 1.807) is 42.4 Å². The van der Waals surface area contributed by atoms with Gasteiger partial charge in [0.2, 0.25) is 5.95 Å². The van der Waals surface area contributed by atoms with E-state index in [9.17, 15) is 4.79 Å². The summed E-state index contributed by atoms with van der Waals surface area (Å²) in [4.78, 5) is 22.4. The number of carbonyl (C=O) groups is 1. The molecular weight excluding hydrogens is 452 g/mol. The molecule has 2 N–H and O–H groups in total. The first-order chi connectivity index (χ1) is 16.6. The third-order valence-corrected chi connectivity index (χ3v) is 5.93. The van der Waals surface area contributed by atoms with Gasteiger partial charge in [-0.1, -0.05) is 41.9 Å². The lowest BCUT2D eigenvalue weighted by molar-refractivity contribution is -0.113. The fourth-order valence-electron chi connectivity index (χ4n) is 3.99. The van der Waals surface area contributed by atoms with E-state index in [-0.39, 0.29) is 5.91 Å². The summed E-state index contributed by atoms with van der Waals surface area (Å²) in [6, 6.07) is 17.7. The Labute approximate surface area is 201 Å². The number of methoxy groups -OCH3 is 1. The van der Waals surface area contributed by atoms with E-state index in [0.29, 0.717) is 39.5 Å². The van der Waals surface area contributed by atoms with Crippen LogP contribution >= 0.6 is 11.6 Å². The highest BCUT2D eigenvalue weighted by Gasteiger charge is 2.35. The molecule has 0 aliphatic carbocycles. The third-order valence-electron chi connectivity index (χ3n) is 5.59. The predicted octanol–water partition coefficient (Wildman–Crippen LogP) is 4.93. The number of fused-ring (bicyclic) bond motifs is 1. The van der Waals surface area contributed by atoms with E-state index in [1.165, 1.54) is 0 Å². The van der Waals surface area contributed by atoms with Gasteiger partial charge >= 0.3 is 0 Å². The number of pyridine rings is 1. The SMILES string of the molecule is COc1ccccc1NC(=O)C1=C(C)Nc2nc(-c3ccncc3)nn2C1c1ccccc1Cl. The number of rotatable bonds is 5. The molecule has 2 aromatic heterocycles. The van der Waals surface area contributed by atoms with Crippen LogP contribution in [0.4, 0.5) is 11.6 Å². The van der Waals surface area contributed by atoms with Gasteiger partial charge in [-0.05, 0) is 37.3 Å². The number of amides is 1. The van der Waals surface area contributed by atoms with Crippen molar-refractivity contribution in [3.8, 4) is 17.1 Å². The Bertz CT molecular complexity index is 1400. The van der Waals surface area contributed by atoms with Crippen LogP contribution in [0.5, 0.6) is 5.75 Å². The minimum atomic E-state index is -0.595. The maximum Gasteiger partial charge on any atom is 0.255 e. The lowest BCUT2D eigenvalue weighted by atomic mass is 9.95. The zero-order valence-electron chi connectivity index (χ0n) is 18.5. The molecule has 9 heteroatoms. The maximum absolute atomic E-state index is 13.7. The molecule has 0 spiro atoms. The van der Waals surface area contributed by atoms with Gasteiger partial charge < -0.3 is 15.4 Å².